The zero-order valence-corrected chi connectivity index (χ0v) is 26.3. The number of hydrogen-bond acceptors (Lipinski definition) is 6. The maximum absolute atomic E-state index is 14.2. The van der Waals surface area contributed by atoms with Gasteiger partial charge < -0.3 is 31.3 Å². The second-order valence-corrected chi connectivity index (χ2v) is 12.7. The molecule has 11 heteroatoms. The van der Waals surface area contributed by atoms with E-state index in [0.717, 1.165) is 39.6 Å². The molecule has 0 spiro atoms. The van der Waals surface area contributed by atoms with Gasteiger partial charge in [-0.1, -0.05) is 66.4 Å². The lowest BCUT2D eigenvalue weighted by atomic mass is 9.98. The average Bonchev–Trinajstić information content (AvgIpc) is 3.10. The zero-order valence-electron chi connectivity index (χ0n) is 25.4. The van der Waals surface area contributed by atoms with Gasteiger partial charge in [-0.25, -0.2) is 9.18 Å². The molecule has 4 amide bonds. The van der Waals surface area contributed by atoms with E-state index >= 15 is 0 Å². The van der Waals surface area contributed by atoms with E-state index < -0.39 is 22.8 Å². The van der Waals surface area contributed by atoms with Gasteiger partial charge in [0, 0.05) is 50.1 Å². The number of carbonyl (C=O) groups is 3. The number of aliphatic hydroxyl groups excluding tert-OH is 1. The Kier molecular flexibility index (Phi) is 11.0. The van der Waals surface area contributed by atoms with Crippen LogP contribution in [0.25, 0.3) is 11.1 Å². The van der Waals surface area contributed by atoms with E-state index in [0.29, 0.717) is 24.5 Å². The average molecular weight is 622 g/mol. The Hall–Kier alpha value is -3.93. The summed E-state index contributed by atoms with van der Waals surface area (Å²) >= 11 is 1.14. The third-order valence-corrected chi connectivity index (χ3v) is 8.45. The van der Waals surface area contributed by atoms with Crippen molar-refractivity contribution in [3.05, 3.63) is 89.2 Å². The summed E-state index contributed by atoms with van der Waals surface area (Å²) in [4.78, 5) is 40.9. The molecule has 0 saturated carbocycles. The number of hydrogen-bond donors (Lipinski definition) is 5. The van der Waals surface area contributed by atoms with Gasteiger partial charge in [-0.2, -0.15) is 0 Å². The summed E-state index contributed by atoms with van der Waals surface area (Å²) in [6.07, 6.45) is -0.479. The van der Waals surface area contributed by atoms with Crippen LogP contribution in [0.15, 0.2) is 71.6 Å². The van der Waals surface area contributed by atoms with Gasteiger partial charge in [0.1, 0.15) is 5.82 Å². The minimum atomic E-state index is -0.933. The Bertz CT molecular complexity index is 1480. The third kappa shape index (κ3) is 9.04. The van der Waals surface area contributed by atoms with Gasteiger partial charge in [-0.05, 0) is 60.7 Å². The fraction of sp³-hybridized carbons (Fsp3) is 0.364. The number of urea groups is 1. The van der Waals surface area contributed by atoms with Crippen molar-refractivity contribution in [1.82, 2.24) is 26.2 Å². The van der Waals surface area contributed by atoms with E-state index in [9.17, 15) is 23.9 Å². The van der Waals surface area contributed by atoms with Crippen LogP contribution in [0.3, 0.4) is 0 Å². The Morgan fingerprint density at radius 1 is 1.11 bits per heavy atom. The van der Waals surface area contributed by atoms with Crippen molar-refractivity contribution >= 4 is 29.6 Å². The number of nitrogens with zero attached hydrogens (tertiary/aromatic N) is 1. The molecular weight excluding hydrogens is 581 g/mol. The molecule has 0 aromatic heterocycles. The largest absolute Gasteiger partial charge is 0.392 e. The molecule has 0 aliphatic carbocycles. The molecule has 1 aliphatic rings. The molecule has 0 radical (unpaired) electrons. The Balaban J connectivity index is 1.52. The number of carbonyl (C=O) groups excluding carboxylic acids is 3. The number of nitrogens with one attached hydrogen (secondary N) is 4. The van der Waals surface area contributed by atoms with E-state index in [1.165, 1.54) is 12.1 Å². The lowest BCUT2D eigenvalue weighted by Crippen LogP contribution is -2.50. The standard InChI is InChI=1S/C33H40FN5O4S/c1-21(40)17-37-33(2,3)16-29(41)38-30-31(42)39(20-25-13-14-26(34)15-28(25)44-30)19-22-9-11-23(12-10-22)27-8-6-5-7-24(27)18-36-32(43)35-4/h5-15,21,30,37,40H,16-20H2,1-4H3,(H,38,41)(H2,35,36,43)/t21-,30-/m1/s1. The van der Waals surface area contributed by atoms with Gasteiger partial charge in [0.15, 0.2) is 5.37 Å². The highest BCUT2D eigenvalue weighted by atomic mass is 32.2. The van der Waals surface area contributed by atoms with Crippen LogP contribution < -0.4 is 21.3 Å². The number of β-amino-alcohol motifs (C(OH)–C–C–N with tert-alkyl or cyclic N) is 1. The van der Waals surface area contributed by atoms with E-state index in [1.54, 1.807) is 24.9 Å². The number of fused-ring (bicyclic) bond motifs is 1. The summed E-state index contributed by atoms with van der Waals surface area (Å²) in [5.41, 5.74) is 4.01. The quantitative estimate of drug-likeness (QED) is 0.220. The number of amides is 4. The fourth-order valence-electron chi connectivity index (χ4n) is 4.94. The number of benzene rings is 3. The van der Waals surface area contributed by atoms with Crippen LogP contribution in [-0.2, 0) is 29.2 Å². The minimum Gasteiger partial charge on any atom is -0.392 e. The monoisotopic (exact) mass is 621 g/mol. The molecule has 3 aromatic carbocycles. The van der Waals surface area contributed by atoms with E-state index in [4.69, 9.17) is 0 Å². The summed E-state index contributed by atoms with van der Waals surface area (Å²) in [5.74, 6) is -1.01. The second-order valence-electron chi connectivity index (χ2n) is 11.6. The lowest BCUT2D eigenvalue weighted by Gasteiger charge is -2.28. The molecule has 1 aliphatic heterocycles. The Labute approximate surface area is 262 Å². The molecule has 2 atom stereocenters. The molecule has 44 heavy (non-hydrogen) atoms. The van der Waals surface area contributed by atoms with E-state index in [2.05, 4.69) is 21.3 Å². The van der Waals surface area contributed by atoms with Gasteiger partial charge in [-0.15, -0.1) is 0 Å². The van der Waals surface area contributed by atoms with Gasteiger partial charge in [0.05, 0.1) is 6.10 Å². The maximum atomic E-state index is 14.2. The van der Waals surface area contributed by atoms with Crippen molar-refractivity contribution < 1.29 is 23.9 Å². The first-order valence-electron chi connectivity index (χ1n) is 14.5. The predicted octanol–water partition coefficient (Wildman–Crippen LogP) is 4.14. The van der Waals surface area contributed by atoms with E-state index in [1.807, 2.05) is 62.4 Å². The summed E-state index contributed by atoms with van der Waals surface area (Å²) in [6, 6.07) is 19.9. The highest BCUT2D eigenvalue weighted by Crippen LogP contribution is 2.33. The van der Waals surface area contributed by atoms with Crippen LogP contribution in [-0.4, -0.2) is 58.5 Å². The Morgan fingerprint density at radius 2 is 1.84 bits per heavy atom. The minimum absolute atomic E-state index is 0.0850. The summed E-state index contributed by atoms with van der Waals surface area (Å²) in [7, 11) is 1.57. The topological polar surface area (TPSA) is 123 Å². The lowest BCUT2D eigenvalue weighted by molar-refractivity contribution is -0.135. The molecule has 1 heterocycles. The smallest absolute Gasteiger partial charge is 0.314 e. The van der Waals surface area contributed by atoms with Crippen LogP contribution in [0.1, 0.15) is 43.9 Å². The van der Waals surface area contributed by atoms with Crippen LogP contribution >= 0.6 is 11.8 Å². The van der Waals surface area contributed by atoms with Gasteiger partial charge >= 0.3 is 6.03 Å². The normalized spacial score (nSPS) is 15.6. The van der Waals surface area contributed by atoms with Crippen molar-refractivity contribution in [3.63, 3.8) is 0 Å². The van der Waals surface area contributed by atoms with Crippen LogP contribution in [0.5, 0.6) is 0 Å². The first kappa shape index (κ1) is 33.0. The number of halogens is 1. The van der Waals surface area contributed by atoms with Crippen molar-refractivity contribution in [2.24, 2.45) is 0 Å². The number of rotatable bonds is 11. The molecule has 9 nitrogen and oxygen atoms in total. The molecule has 234 valence electrons. The maximum Gasteiger partial charge on any atom is 0.314 e. The highest BCUT2D eigenvalue weighted by molar-refractivity contribution is 8.00. The predicted molar refractivity (Wildman–Crippen MR) is 170 cm³/mol. The van der Waals surface area contributed by atoms with Gasteiger partial charge in [-0.3, -0.25) is 9.59 Å². The van der Waals surface area contributed by atoms with E-state index in [-0.39, 0.29) is 30.8 Å². The number of thioether (sulfide) groups is 1. The van der Waals surface area contributed by atoms with Gasteiger partial charge in [0.2, 0.25) is 5.91 Å². The second kappa shape index (κ2) is 14.7. The van der Waals surface area contributed by atoms with Crippen molar-refractivity contribution in [2.45, 2.75) is 68.7 Å². The molecule has 3 aromatic rings. The van der Waals surface area contributed by atoms with Crippen LogP contribution in [0.2, 0.25) is 0 Å². The molecule has 0 fully saturated rings. The molecular formula is C33H40FN5O4S. The summed E-state index contributed by atoms with van der Waals surface area (Å²) < 4.78 is 14.2. The zero-order chi connectivity index (χ0) is 31.9. The third-order valence-electron chi connectivity index (χ3n) is 7.26. The van der Waals surface area contributed by atoms with Crippen LogP contribution in [0, 0.1) is 5.82 Å². The molecule has 4 rings (SSSR count). The van der Waals surface area contributed by atoms with Crippen molar-refractivity contribution in [1.29, 1.82) is 0 Å². The fourth-order valence-corrected chi connectivity index (χ4v) is 6.09. The number of aliphatic hydroxyl groups is 1. The van der Waals surface area contributed by atoms with Gasteiger partial charge in [0.25, 0.3) is 5.91 Å². The van der Waals surface area contributed by atoms with Crippen molar-refractivity contribution in [3.8, 4) is 11.1 Å². The van der Waals surface area contributed by atoms with Crippen molar-refractivity contribution in [2.75, 3.05) is 13.6 Å². The van der Waals surface area contributed by atoms with Crippen LogP contribution in [0.4, 0.5) is 9.18 Å². The molecule has 0 bridgehead atoms. The molecule has 0 unspecified atom stereocenters. The SMILES string of the molecule is CNC(=O)NCc1ccccc1-c1ccc(CN2Cc3ccc(F)cc3S[C@@H](NC(=O)CC(C)(C)NC[C@@H](C)O)C2=O)cc1. The Morgan fingerprint density at radius 3 is 2.55 bits per heavy atom. The molecule has 0 saturated heterocycles. The first-order valence-corrected chi connectivity index (χ1v) is 15.4. The molecule has 5 N–H and O–H groups in total. The summed E-state index contributed by atoms with van der Waals surface area (Å²) in [5, 5.41) is 20.1. The first-order chi connectivity index (χ1) is 20.9. The summed E-state index contributed by atoms with van der Waals surface area (Å²) in [6.45, 7) is 6.64. The highest BCUT2D eigenvalue weighted by Gasteiger charge is 2.33.